The number of aromatic nitrogens is 3. The number of piperazine rings is 1. The highest BCUT2D eigenvalue weighted by atomic mass is 19.4. The molecule has 9 heteroatoms. The minimum absolute atomic E-state index is 0.00955. The van der Waals surface area contributed by atoms with E-state index in [-0.39, 0.29) is 35.1 Å². The minimum Gasteiger partial charge on any atom is -0.338 e. The monoisotopic (exact) mass is 407 g/mol. The van der Waals surface area contributed by atoms with Crippen molar-refractivity contribution in [3.63, 3.8) is 0 Å². The maximum Gasteiger partial charge on any atom is 0.417 e. The number of carbonyl (C=O) groups is 1. The predicted molar refractivity (Wildman–Crippen MR) is 100 cm³/mol. The van der Waals surface area contributed by atoms with E-state index in [9.17, 15) is 18.0 Å². The van der Waals surface area contributed by atoms with E-state index < -0.39 is 11.7 Å². The zero-order chi connectivity index (χ0) is 20.3. The third-order valence-electron chi connectivity index (χ3n) is 6.42. The first kappa shape index (κ1) is 18.8. The van der Waals surface area contributed by atoms with Crippen molar-refractivity contribution in [1.29, 1.82) is 0 Å². The second-order valence-corrected chi connectivity index (χ2v) is 8.48. The smallest absolute Gasteiger partial charge is 0.338 e. The van der Waals surface area contributed by atoms with Gasteiger partial charge in [-0.25, -0.2) is 9.67 Å². The number of nitrogens with zero attached hydrogens (tertiary/aromatic N) is 5. The van der Waals surface area contributed by atoms with Crippen LogP contribution in [0.1, 0.15) is 48.6 Å². The molecule has 29 heavy (non-hydrogen) atoms. The molecule has 1 atom stereocenters. The molecule has 0 bridgehead atoms. The molecule has 0 spiro atoms. The Labute approximate surface area is 166 Å². The zero-order valence-corrected chi connectivity index (χ0v) is 16.4. The van der Waals surface area contributed by atoms with Crippen molar-refractivity contribution in [2.45, 2.75) is 57.3 Å². The van der Waals surface area contributed by atoms with Crippen LogP contribution in [0.4, 0.5) is 13.2 Å². The molecule has 2 saturated heterocycles. The average molecular weight is 407 g/mol. The van der Waals surface area contributed by atoms with Gasteiger partial charge in [0.05, 0.1) is 16.6 Å². The van der Waals surface area contributed by atoms with E-state index in [0.29, 0.717) is 24.8 Å². The molecule has 3 aliphatic rings. The molecular weight excluding hydrogens is 383 g/mol. The van der Waals surface area contributed by atoms with Gasteiger partial charge in [-0.2, -0.15) is 18.3 Å². The van der Waals surface area contributed by atoms with Crippen LogP contribution >= 0.6 is 0 Å². The minimum atomic E-state index is -4.48. The number of rotatable bonds is 3. The molecule has 4 heterocycles. The maximum absolute atomic E-state index is 13.7. The standard InChI is InChI=1S/C20H24F3N5O/c1-12-18-15(20(21,22)23)9-16(13-4-5-13)24-19(18)28(25-12)11-17(29)27-8-7-26-6-2-3-14(26)10-27/h9,13-14H,2-8,10-11H2,1H3. The van der Waals surface area contributed by atoms with Crippen LogP contribution in [0, 0.1) is 6.92 Å². The molecule has 1 aliphatic carbocycles. The lowest BCUT2D eigenvalue weighted by molar-refractivity contribution is -0.136. The van der Waals surface area contributed by atoms with Crippen LogP contribution in [-0.2, 0) is 17.5 Å². The first-order chi connectivity index (χ1) is 13.8. The Bertz CT molecular complexity index is 965. The van der Waals surface area contributed by atoms with Crippen molar-refractivity contribution in [1.82, 2.24) is 24.6 Å². The summed E-state index contributed by atoms with van der Waals surface area (Å²) in [6.45, 7) is 4.76. The van der Waals surface area contributed by atoms with Gasteiger partial charge in [-0.15, -0.1) is 0 Å². The van der Waals surface area contributed by atoms with Crippen molar-refractivity contribution in [2.75, 3.05) is 26.2 Å². The van der Waals surface area contributed by atoms with Gasteiger partial charge in [0.2, 0.25) is 5.91 Å². The fourth-order valence-corrected chi connectivity index (χ4v) is 4.74. The lowest BCUT2D eigenvalue weighted by Gasteiger charge is -2.37. The van der Waals surface area contributed by atoms with E-state index in [2.05, 4.69) is 15.0 Å². The van der Waals surface area contributed by atoms with Gasteiger partial charge in [0.15, 0.2) is 5.65 Å². The van der Waals surface area contributed by atoms with Crippen molar-refractivity contribution < 1.29 is 18.0 Å². The third kappa shape index (κ3) is 3.39. The second-order valence-electron chi connectivity index (χ2n) is 8.48. The van der Waals surface area contributed by atoms with Crippen LogP contribution in [0.5, 0.6) is 0 Å². The van der Waals surface area contributed by atoms with Crippen molar-refractivity contribution >= 4 is 16.9 Å². The molecular formula is C20H24F3N5O. The van der Waals surface area contributed by atoms with Gasteiger partial charge >= 0.3 is 6.18 Å². The molecule has 156 valence electrons. The van der Waals surface area contributed by atoms with Gasteiger partial charge in [-0.05, 0) is 45.2 Å². The lowest BCUT2D eigenvalue weighted by atomic mass is 10.1. The van der Waals surface area contributed by atoms with Gasteiger partial charge in [0.25, 0.3) is 0 Å². The molecule has 6 nitrogen and oxygen atoms in total. The summed E-state index contributed by atoms with van der Waals surface area (Å²) in [6.07, 6.45) is -0.522. The largest absolute Gasteiger partial charge is 0.417 e. The van der Waals surface area contributed by atoms with Crippen LogP contribution < -0.4 is 0 Å². The number of carbonyl (C=O) groups excluding carboxylic acids is 1. The van der Waals surface area contributed by atoms with E-state index >= 15 is 0 Å². The molecule has 5 rings (SSSR count). The van der Waals surface area contributed by atoms with Crippen LogP contribution in [0.2, 0.25) is 0 Å². The van der Waals surface area contributed by atoms with Crippen molar-refractivity contribution in [2.24, 2.45) is 0 Å². The van der Waals surface area contributed by atoms with E-state index in [1.807, 2.05) is 4.90 Å². The number of aryl methyl sites for hydroxylation is 1. The Morgan fingerprint density at radius 3 is 2.72 bits per heavy atom. The highest BCUT2D eigenvalue weighted by Crippen LogP contribution is 2.43. The topological polar surface area (TPSA) is 54.3 Å². The summed E-state index contributed by atoms with van der Waals surface area (Å²) in [5.74, 6) is -0.0246. The average Bonchev–Trinajstić information content (AvgIpc) is 3.34. The number of hydrogen-bond acceptors (Lipinski definition) is 4. The molecule has 1 saturated carbocycles. The Hall–Kier alpha value is -2.16. The number of halogens is 3. The molecule has 0 N–H and O–H groups in total. The molecule has 1 unspecified atom stereocenters. The second kappa shape index (κ2) is 6.68. The molecule has 0 radical (unpaired) electrons. The molecule has 2 aromatic heterocycles. The van der Waals surface area contributed by atoms with E-state index in [1.54, 1.807) is 6.92 Å². The molecule has 0 aromatic carbocycles. The number of amides is 1. The third-order valence-corrected chi connectivity index (χ3v) is 6.42. The Morgan fingerprint density at radius 1 is 1.21 bits per heavy atom. The highest BCUT2D eigenvalue weighted by molar-refractivity contribution is 5.85. The first-order valence-corrected chi connectivity index (χ1v) is 10.3. The SMILES string of the molecule is Cc1nn(CC(=O)N2CCN3CCCC3C2)c2nc(C3CC3)cc(C(F)(F)F)c12. The molecule has 3 fully saturated rings. The van der Waals surface area contributed by atoms with Gasteiger partial charge in [-0.1, -0.05) is 0 Å². The van der Waals surface area contributed by atoms with Crippen LogP contribution in [0.15, 0.2) is 6.07 Å². The number of hydrogen-bond donors (Lipinski definition) is 0. The summed E-state index contributed by atoms with van der Waals surface area (Å²) in [4.78, 5) is 21.7. The van der Waals surface area contributed by atoms with Crippen molar-refractivity contribution in [3.05, 3.63) is 23.0 Å². The number of alkyl halides is 3. The van der Waals surface area contributed by atoms with Gasteiger partial charge < -0.3 is 4.90 Å². The quantitative estimate of drug-likeness (QED) is 0.785. The van der Waals surface area contributed by atoms with Gasteiger partial charge in [0, 0.05) is 37.3 Å². The maximum atomic E-state index is 13.7. The van der Waals surface area contributed by atoms with Gasteiger partial charge in [0.1, 0.15) is 6.54 Å². The van der Waals surface area contributed by atoms with E-state index in [4.69, 9.17) is 0 Å². The Kier molecular flexibility index (Phi) is 4.34. The fraction of sp³-hybridized carbons (Fsp3) is 0.650. The van der Waals surface area contributed by atoms with Crippen LogP contribution in [-0.4, -0.2) is 62.7 Å². The van der Waals surface area contributed by atoms with Crippen LogP contribution in [0.3, 0.4) is 0 Å². The predicted octanol–water partition coefficient (Wildman–Crippen LogP) is 2.94. The fourth-order valence-electron chi connectivity index (χ4n) is 4.74. The summed E-state index contributed by atoms with van der Waals surface area (Å²) in [6, 6.07) is 1.57. The van der Waals surface area contributed by atoms with Crippen molar-refractivity contribution in [3.8, 4) is 0 Å². The summed E-state index contributed by atoms with van der Waals surface area (Å²) in [5.41, 5.74) is 0.195. The summed E-state index contributed by atoms with van der Waals surface area (Å²) in [5, 5.41) is 4.29. The zero-order valence-electron chi connectivity index (χ0n) is 16.4. The summed E-state index contributed by atoms with van der Waals surface area (Å²) >= 11 is 0. The first-order valence-electron chi connectivity index (χ1n) is 10.3. The Balaban J connectivity index is 1.47. The highest BCUT2D eigenvalue weighted by Gasteiger charge is 2.38. The number of pyridine rings is 1. The summed E-state index contributed by atoms with van der Waals surface area (Å²) in [7, 11) is 0. The Morgan fingerprint density at radius 2 is 2.00 bits per heavy atom. The lowest BCUT2D eigenvalue weighted by Crippen LogP contribution is -2.52. The number of fused-ring (bicyclic) bond motifs is 2. The van der Waals surface area contributed by atoms with E-state index in [0.717, 1.165) is 38.8 Å². The normalized spacial score (nSPS) is 23.0. The van der Waals surface area contributed by atoms with E-state index in [1.165, 1.54) is 10.7 Å². The summed E-state index contributed by atoms with van der Waals surface area (Å²) < 4.78 is 42.5. The molecule has 1 amide bonds. The molecule has 2 aliphatic heterocycles. The molecule has 2 aromatic rings. The van der Waals surface area contributed by atoms with Crippen LogP contribution in [0.25, 0.3) is 11.0 Å². The van der Waals surface area contributed by atoms with Gasteiger partial charge in [-0.3, -0.25) is 9.69 Å².